The fourth-order valence-electron chi connectivity index (χ4n) is 3.22. The van der Waals surface area contributed by atoms with Gasteiger partial charge in [-0.3, -0.25) is 14.5 Å². The van der Waals surface area contributed by atoms with Gasteiger partial charge in [0.25, 0.3) is 0 Å². The average Bonchev–Trinajstić information content (AvgIpc) is 3.34. The van der Waals surface area contributed by atoms with Crippen LogP contribution in [0.25, 0.3) is 0 Å². The highest BCUT2D eigenvalue weighted by Gasteiger charge is 2.24. The largest absolute Gasteiger partial charge is 0.485 e. The van der Waals surface area contributed by atoms with Gasteiger partial charge in [0.1, 0.15) is 5.75 Å². The van der Waals surface area contributed by atoms with E-state index in [1.807, 2.05) is 0 Å². The molecule has 0 aliphatic carbocycles. The van der Waals surface area contributed by atoms with Gasteiger partial charge in [0.05, 0.1) is 0 Å². The maximum absolute atomic E-state index is 12.2. The third kappa shape index (κ3) is 5.29. The Hall–Kier alpha value is -2.94. The van der Waals surface area contributed by atoms with E-state index in [0.717, 1.165) is 25.9 Å². The molecule has 1 atom stereocenters. The third-order valence-electron chi connectivity index (χ3n) is 4.61. The van der Waals surface area contributed by atoms with Crippen molar-refractivity contribution in [2.24, 2.45) is 0 Å². The van der Waals surface area contributed by atoms with Crippen molar-refractivity contribution in [3.05, 3.63) is 36.0 Å². The first-order valence-electron chi connectivity index (χ1n) is 9.40. The van der Waals surface area contributed by atoms with Crippen LogP contribution in [0.4, 0.5) is 5.69 Å². The molecule has 1 fully saturated rings. The number of nitrogens with zero attached hydrogens (tertiary/aromatic N) is 3. The molecule has 2 aromatic rings. The Morgan fingerprint density at radius 3 is 2.82 bits per heavy atom. The summed E-state index contributed by atoms with van der Waals surface area (Å²) in [5.41, 5.74) is 0.683. The van der Waals surface area contributed by atoms with E-state index in [1.54, 1.807) is 24.3 Å². The number of aromatic nitrogens is 2. The van der Waals surface area contributed by atoms with Gasteiger partial charge in [0.2, 0.25) is 11.7 Å². The second-order valence-electron chi connectivity index (χ2n) is 6.64. The van der Waals surface area contributed by atoms with E-state index in [4.69, 9.17) is 9.26 Å². The van der Waals surface area contributed by atoms with Crippen molar-refractivity contribution in [2.75, 3.05) is 25.0 Å². The average molecular weight is 387 g/mol. The second kappa shape index (κ2) is 9.32. The van der Waals surface area contributed by atoms with Crippen LogP contribution in [0.1, 0.15) is 43.2 Å². The third-order valence-corrected chi connectivity index (χ3v) is 4.61. The number of carbonyl (C=O) groups is 2. The molecular weight excluding hydrogens is 362 g/mol. The molecule has 9 heteroatoms. The molecule has 2 N–H and O–H groups in total. The highest BCUT2D eigenvalue weighted by molar-refractivity contribution is 5.89. The van der Waals surface area contributed by atoms with E-state index < -0.39 is 0 Å². The van der Waals surface area contributed by atoms with Crippen LogP contribution in [-0.2, 0) is 11.4 Å². The van der Waals surface area contributed by atoms with Gasteiger partial charge >= 0.3 is 11.8 Å². The minimum atomic E-state index is -0.374. The number of ether oxygens (including phenoxy) is 1. The van der Waals surface area contributed by atoms with Crippen molar-refractivity contribution >= 4 is 17.5 Å². The highest BCUT2D eigenvalue weighted by atomic mass is 16.5. The zero-order valence-electron chi connectivity index (χ0n) is 16.1. The lowest BCUT2D eigenvalue weighted by Crippen LogP contribution is -2.40. The number of carbonyl (C=O) groups excluding carboxylic acids is 2. The van der Waals surface area contributed by atoms with Gasteiger partial charge in [-0.1, -0.05) is 12.1 Å². The number of hydrogen-bond donors (Lipinski definition) is 2. The summed E-state index contributed by atoms with van der Waals surface area (Å²) in [6.45, 7) is 6.27. The summed E-state index contributed by atoms with van der Waals surface area (Å²) in [5, 5.41) is 9.32. The fourth-order valence-corrected chi connectivity index (χ4v) is 3.22. The molecule has 150 valence electrons. The number of likely N-dealkylation sites (tertiary alicyclic amines) is 1. The minimum Gasteiger partial charge on any atom is -0.485 e. The Balaban J connectivity index is 1.47. The van der Waals surface area contributed by atoms with Crippen molar-refractivity contribution in [1.29, 1.82) is 0 Å². The molecule has 2 heterocycles. The predicted octanol–water partition coefficient (Wildman–Crippen LogP) is 1.82. The van der Waals surface area contributed by atoms with Crippen LogP contribution in [0.2, 0.25) is 0 Å². The molecule has 0 radical (unpaired) electrons. The Morgan fingerprint density at radius 2 is 2.11 bits per heavy atom. The maximum atomic E-state index is 12.2. The molecule has 9 nitrogen and oxygen atoms in total. The number of nitrogens with one attached hydrogen (secondary N) is 2. The molecule has 0 spiro atoms. The fraction of sp³-hybridized carbons (Fsp3) is 0.474. The molecular formula is C19H25N5O4. The Morgan fingerprint density at radius 1 is 1.32 bits per heavy atom. The topological polar surface area (TPSA) is 110 Å². The summed E-state index contributed by atoms with van der Waals surface area (Å²) in [5.74, 6) is 0.293. The number of benzene rings is 1. The molecule has 0 bridgehead atoms. The Bertz CT molecular complexity index is 805. The summed E-state index contributed by atoms with van der Waals surface area (Å²) in [4.78, 5) is 29.7. The van der Waals surface area contributed by atoms with Crippen molar-refractivity contribution in [2.45, 2.75) is 39.3 Å². The van der Waals surface area contributed by atoms with Gasteiger partial charge in [-0.2, -0.15) is 4.98 Å². The molecule has 1 aromatic carbocycles. The molecule has 1 unspecified atom stereocenters. The van der Waals surface area contributed by atoms with Crippen LogP contribution in [0.5, 0.6) is 5.75 Å². The lowest BCUT2D eigenvalue weighted by molar-refractivity contribution is -0.114. The van der Waals surface area contributed by atoms with Gasteiger partial charge in [0, 0.05) is 25.2 Å². The highest BCUT2D eigenvalue weighted by Crippen LogP contribution is 2.17. The SMILES string of the molecule is CCN1CCCC1CNC(=O)c1nc(COc2ccc(NC(C)=O)cc2)no1. The molecule has 1 aromatic heterocycles. The Kier molecular flexibility index (Phi) is 6.59. The predicted molar refractivity (Wildman–Crippen MR) is 102 cm³/mol. The lowest BCUT2D eigenvalue weighted by Gasteiger charge is -2.22. The van der Waals surface area contributed by atoms with E-state index in [0.29, 0.717) is 24.0 Å². The van der Waals surface area contributed by atoms with Crippen LogP contribution < -0.4 is 15.4 Å². The molecule has 1 saturated heterocycles. The van der Waals surface area contributed by atoms with Gasteiger partial charge in [-0.05, 0) is 50.2 Å². The van der Waals surface area contributed by atoms with E-state index in [1.165, 1.54) is 6.92 Å². The molecule has 0 saturated carbocycles. The molecule has 1 aliphatic rings. The van der Waals surface area contributed by atoms with E-state index in [-0.39, 0.29) is 30.1 Å². The number of hydrogen-bond acceptors (Lipinski definition) is 7. The second-order valence-corrected chi connectivity index (χ2v) is 6.64. The van der Waals surface area contributed by atoms with Crippen LogP contribution in [0, 0.1) is 0 Å². The van der Waals surface area contributed by atoms with Crippen LogP contribution in [0.15, 0.2) is 28.8 Å². The lowest BCUT2D eigenvalue weighted by atomic mass is 10.2. The summed E-state index contributed by atoms with van der Waals surface area (Å²) in [7, 11) is 0. The standard InChI is InChI=1S/C19H25N5O4/c1-3-24-10-4-5-15(24)11-20-18(26)19-22-17(23-28-19)12-27-16-8-6-14(7-9-16)21-13(2)25/h6-9,15H,3-5,10-12H2,1-2H3,(H,20,26)(H,21,25). The zero-order valence-corrected chi connectivity index (χ0v) is 16.1. The number of rotatable bonds is 8. The minimum absolute atomic E-state index is 0.0688. The van der Waals surface area contributed by atoms with Crippen LogP contribution in [-0.4, -0.2) is 52.5 Å². The quantitative estimate of drug-likeness (QED) is 0.711. The van der Waals surface area contributed by atoms with Gasteiger partial charge < -0.3 is 19.9 Å². The first-order chi connectivity index (χ1) is 13.5. The summed E-state index contributed by atoms with van der Waals surface area (Å²) >= 11 is 0. The van der Waals surface area contributed by atoms with Crippen molar-refractivity contribution in [3.8, 4) is 5.75 Å². The van der Waals surface area contributed by atoms with E-state index in [2.05, 4.69) is 32.6 Å². The summed E-state index contributed by atoms with van der Waals surface area (Å²) in [6.07, 6.45) is 2.24. The maximum Gasteiger partial charge on any atom is 0.316 e. The normalized spacial score (nSPS) is 16.7. The van der Waals surface area contributed by atoms with Crippen molar-refractivity contribution < 1.29 is 18.8 Å². The van der Waals surface area contributed by atoms with Crippen LogP contribution in [0.3, 0.4) is 0 Å². The molecule has 3 rings (SSSR count). The summed E-state index contributed by atoms with van der Waals surface area (Å²) in [6, 6.07) is 7.27. The van der Waals surface area contributed by atoms with Gasteiger partial charge in [-0.15, -0.1) is 0 Å². The Labute approximate surface area is 163 Å². The first kappa shape index (κ1) is 19.8. The molecule has 28 heavy (non-hydrogen) atoms. The van der Waals surface area contributed by atoms with Crippen LogP contribution >= 0.6 is 0 Å². The number of amides is 2. The number of anilines is 1. The molecule has 1 aliphatic heterocycles. The van der Waals surface area contributed by atoms with E-state index >= 15 is 0 Å². The molecule has 2 amide bonds. The van der Waals surface area contributed by atoms with E-state index in [9.17, 15) is 9.59 Å². The smallest absolute Gasteiger partial charge is 0.316 e. The number of likely N-dealkylation sites (N-methyl/N-ethyl adjacent to an activating group) is 1. The van der Waals surface area contributed by atoms with Crippen molar-refractivity contribution in [1.82, 2.24) is 20.4 Å². The first-order valence-corrected chi connectivity index (χ1v) is 9.40. The van der Waals surface area contributed by atoms with Gasteiger partial charge in [-0.25, -0.2) is 0 Å². The summed E-state index contributed by atoms with van der Waals surface area (Å²) < 4.78 is 10.6. The van der Waals surface area contributed by atoms with Gasteiger partial charge in [0.15, 0.2) is 6.61 Å². The zero-order chi connectivity index (χ0) is 19.9. The van der Waals surface area contributed by atoms with Crippen molar-refractivity contribution in [3.63, 3.8) is 0 Å². The monoisotopic (exact) mass is 387 g/mol.